The Hall–Kier alpha value is -5.20. The summed E-state index contributed by atoms with van der Waals surface area (Å²) in [6.07, 6.45) is -11.9. The number of carbonyl (C=O) groups excluding carboxylic acids is 2. The molecule has 4 aromatic rings. The van der Waals surface area contributed by atoms with Gasteiger partial charge in [-0.3, -0.25) is 9.59 Å². The molecule has 0 radical (unpaired) electrons. The number of alkyl halides is 6. The van der Waals surface area contributed by atoms with Crippen LogP contribution in [0.2, 0.25) is 0 Å². The van der Waals surface area contributed by atoms with Gasteiger partial charge in [-0.05, 0) is 90.8 Å². The average molecular weight is 619 g/mol. The molecule has 4 aromatic carbocycles. The Balaban J connectivity index is 1.61. The number of benzene rings is 4. The molecule has 13 heteroatoms. The first-order chi connectivity index (χ1) is 20.6. The molecule has 0 atom stereocenters. The lowest BCUT2D eigenvalue weighted by molar-refractivity contribution is -0.288. The first kappa shape index (κ1) is 31.7. The van der Waals surface area contributed by atoms with Gasteiger partial charge in [-0.15, -0.1) is 0 Å². The number of ketones is 1. The first-order valence-electron chi connectivity index (χ1n) is 12.8. The van der Waals surface area contributed by atoms with Crippen LogP contribution in [0, 0.1) is 0 Å². The van der Waals surface area contributed by atoms with Crippen molar-refractivity contribution in [1.82, 2.24) is 0 Å². The minimum Gasteiger partial charge on any atom is -0.506 e. The topological polar surface area (TPSA) is 108 Å². The molecule has 0 aliphatic carbocycles. The average Bonchev–Trinajstić information content (AvgIpc) is 2.94. The molecular weight excluding hydrogens is 594 g/mol. The van der Waals surface area contributed by atoms with E-state index in [2.05, 4.69) is 10.6 Å². The summed E-state index contributed by atoms with van der Waals surface area (Å²) >= 11 is 0. The number of amides is 1. The van der Waals surface area contributed by atoms with E-state index in [0.717, 1.165) is 12.1 Å². The number of aromatic hydroxyl groups is 2. The Morgan fingerprint density at radius 1 is 0.659 bits per heavy atom. The number of hydrogen-bond acceptors (Lipinski definition) is 6. The highest BCUT2D eigenvalue weighted by Gasteiger charge is 2.72. The minimum absolute atomic E-state index is 0.0350. The molecule has 230 valence electrons. The Labute approximate surface area is 246 Å². The maximum Gasteiger partial charge on any atom is 0.411 e. The van der Waals surface area contributed by atoms with Crippen LogP contribution in [-0.4, -0.2) is 41.3 Å². The van der Waals surface area contributed by atoms with Crippen molar-refractivity contribution in [3.8, 4) is 23.0 Å². The molecule has 7 nitrogen and oxygen atoms in total. The van der Waals surface area contributed by atoms with E-state index in [1.807, 2.05) is 0 Å². The zero-order chi connectivity index (χ0) is 32.4. The summed E-state index contributed by atoms with van der Waals surface area (Å²) in [4.78, 5) is 24.2. The maximum atomic E-state index is 14.4. The largest absolute Gasteiger partial charge is 0.506 e. The van der Waals surface area contributed by atoms with Crippen LogP contribution < -0.4 is 15.4 Å². The van der Waals surface area contributed by atoms with E-state index >= 15 is 0 Å². The van der Waals surface area contributed by atoms with Gasteiger partial charge in [0.05, 0.1) is 11.4 Å². The summed E-state index contributed by atoms with van der Waals surface area (Å²) in [6, 6.07) is 15.2. The maximum absolute atomic E-state index is 14.4. The molecule has 0 aliphatic rings. The summed E-state index contributed by atoms with van der Waals surface area (Å²) < 4.78 is 92.3. The van der Waals surface area contributed by atoms with Crippen LogP contribution in [-0.2, 0) is 5.41 Å². The van der Waals surface area contributed by atoms with Crippen molar-refractivity contribution < 1.29 is 50.9 Å². The van der Waals surface area contributed by atoms with Gasteiger partial charge in [-0.2, -0.15) is 26.3 Å². The number of hydrogen-bond donors (Lipinski definition) is 4. The summed E-state index contributed by atoms with van der Waals surface area (Å²) in [5.41, 5.74) is -7.37. The van der Waals surface area contributed by atoms with Gasteiger partial charge in [0.2, 0.25) is 5.41 Å². The molecule has 0 spiro atoms. The Morgan fingerprint density at radius 2 is 1.09 bits per heavy atom. The van der Waals surface area contributed by atoms with Crippen molar-refractivity contribution >= 4 is 23.1 Å². The van der Waals surface area contributed by atoms with Crippen molar-refractivity contribution in [2.24, 2.45) is 0 Å². The third kappa shape index (κ3) is 5.98. The van der Waals surface area contributed by atoms with Gasteiger partial charge in [0.1, 0.15) is 23.0 Å². The number of carbonyl (C=O) groups is 2. The fourth-order valence-corrected chi connectivity index (χ4v) is 4.59. The van der Waals surface area contributed by atoms with Crippen molar-refractivity contribution in [3.63, 3.8) is 0 Å². The van der Waals surface area contributed by atoms with Crippen molar-refractivity contribution in [1.29, 1.82) is 0 Å². The number of anilines is 2. The molecule has 0 unspecified atom stereocenters. The van der Waals surface area contributed by atoms with Crippen molar-refractivity contribution in [2.45, 2.75) is 24.7 Å². The molecule has 4 rings (SSSR count). The van der Waals surface area contributed by atoms with Gasteiger partial charge in [-0.1, -0.05) is 12.1 Å². The van der Waals surface area contributed by atoms with E-state index in [9.17, 15) is 46.1 Å². The van der Waals surface area contributed by atoms with E-state index < -0.39 is 52.0 Å². The second-order valence-electron chi connectivity index (χ2n) is 9.62. The van der Waals surface area contributed by atoms with Crippen LogP contribution in [0.5, 0.6) is 23.0 Å². The molecule has 4 N–H and O–H groups in total. The van der Waals surface area contributed by atoms with Crippen LogP contribution in [0.4, 0.5) is 37.7 Å². The smallest absolute Gasteiger partial charge is 0.411 e. The normalized spacial score (nSPS) is 12.0. The van der Waals surface area contributed by atoms with E-state index in [-0.39, 0.29) is 23.1 Å². The molecular formula is C31H24F6N2O5. The Morgan fingerprint density at radius 3 is 1.48 bits per heavy atom. The van der Waals surface area contributed by atoms with Crippen LogP contribution in [0.3, 0.4) is 0 Å². The predicted octanol–water partition coefficient (Wildman–Crippen LogP) is 7.80. The van der Waals surface area contributed by atoms with Crippen molar-refractivity contribution in [3.05, 3.63) is 107 Å². The molecule has 0 fully saturated rings. The molecule has 0 aromatic heterocycles. The molecule has 1 amide bonds. The number of nitrogens with one attached hydrogen (secondary N) is 2. The van der Waals surface area contributed by atoms with E-state index in [1.54, 1.807) is 24.3 Å². The minimum atomic E-state index is -5.96. The van der Waals surface area contributed by atoms with Crippen molar-refractivity contribution in [2.75, 3.05) is 17.7 Å². The predicted molar refractivity (Wildman–Crippen MR) is 150 cm³/mol. The van der Waals surface area contributed by atoms with Crippen LogP contribution in [0.25, 0.3) is 0 Å². The first-order valence-corrected chi connectivity index (χ1v) is 12.8. The van der Waals surface area contributed by atoms with Gasteiger partial charge in [0, 0.05) is 18.2 Å². The number of Topliss-reactive ketones (excluding diaryl/α,β-unsaturated/α-hetero) is 1. The molecule has 0 saturated carbocycles. The van der Waals surface area contributed by atoms with E-state index in [0.29, 0.717) is 35.3 Å². The molecule has 0 aliphatic heterocycles. The third-order valence-electron chi connectivity index (χ3n) is 6.84. The second-order valence-corrected chi connectivity index (χ2v) is 9.62. The van der Waals surface area contributed by atoms with Gasteiger partial charge in [0.25, 0.3) is 5.91 Å². The van der Waals surface area contributed by atoms with Gasteiger partial charge in [-0.25, -0.2) is 0 Å². The monoisotopic (exact) mass is 618 g/mol. The Bertz CT molecular complexity index is 1670. The highest BCUT2D eigenvalue weighted by atomic mass is 19.4. The van der Waals surface area contributed by atoms with Gasteiger partial charge < -0.3 is 25.6 Å². The summed E-state index contributed by atoms with van der Waals surface area (Å²) in [5.74, 6) is -2.10. The van der Waals surface area contributed by atoms with Gasteiger partial charge in [0.15, 0.2) is 5.78 Å². The Kier molecular flexibility index (Phi) is 8.53. The highest BCUT2D eigenvalue weighted by Crippen LogP contribution is 2.57. The van der Waals surface area contributed by atoms with Gasteiger partial charge >= 0.3 is 12.4 Å². The van der Waals surface area contributed by atoms with Crippen LogP contribution >= 0.6 is 0 Å². The number of phenolic OH excluding ortho intramolecular Hbond substituents is 2. The molecule has 0 saturated heterocycles. The quantitative estimate of drug-likeness (QED) is 0.0912. The SMILES string of the molecule is CNc1ccc(C(c2ccc(NC(=O)c3ccc(Oc4ccc(C(C)=O)cc4)cc3)c(O)c2)(C(F)(F)F)C(F)(F)F)cc1O. The lowest BCUT2D eigenvalue weighted by Gasteiger charge is -2.38. The van der Waals surface area contributed by atoms with E-state index in [1.165, 1.54) is 38.2 Å². The zero-order valence-electron chi connectivity index (χ0n) is 23.0. The van der Waals surface area contributed by atoms with Crippen LogP contribution in [0.15, 0.2) is 84.9 Å². The molecule has 0 heterocycles. The molecule has 0 bridgehead atoms. The summed E-state index contributed by atoms with van der Waals surface area (Å²) in [5, 5.41) is 25.2. The second kappa shape index (κ2) is 11.8. The van der Waals surface area contributed by atoms with E-state index in [4.69, 9.17) is 4.74 Å². The number of rotatable bonds is 8. The highest BCUT2D eigenvalue weighted by molar-refractivity contribution is 6.05. The summed E-state index contributed by atoms with van der Waals surface area (Å²) in [7, 11) is 1.32. The lowest BCUT2D eigenvalue weighted by Crippen LogP contribution is -2.54. The third-order valence-corrected chi connectivity index (χ3v) is 6.84. The number of ether oxygens (including phenoxy) is 1. The number of halogens is 6. The summed E-state index contributed by atoms with van der Waals surface area (Å²) in [6.45, 7) is 1.42. The lowest BCUT2D eigenvalue weighted by atomic mass is 9.72. The zero-order valence-corrected chi connectivity index (χ0v) is 23.0. The fourth-order valence-electron chi connectivity index (χ4n) is 4.59. The fraction of sp³-hybridized carbons (Fsp3) is 0.161. The molecule has 44 heavy (non-hydrogen) atoms. The standard InChI is InChI=1S/C31H24F6N2O5/c1-17(40)18-3-9-22(10-4-18)44-23-11-5-19(6-12-23)28(43)39-25-14-8-21(16-27(25)42)29(30(32,33)34,31(35,36)37)20-7-13-24(38-2)26(41)15-20/h3-16,38,41-42H,1-2H3,(H,39,43). The van der Waals surface area contributed by atoms with Crippen LogP contribution in [0.1, 0.15) is 38.8 Å². The number of phenols is 2.